The number of ether oxygens (including phenoxy) is 1. The zero-order valence-corrected chi connectivity index (χ0v) is 12.6. The highest BCUT2D eigenvalue weighted by atomic mass is 35.7. The van der Waals surface area contributed by atoms with Crippen LogP contribution in [0.1, 0.15) is 23.7 Å². The van der Waals surface area contributed by atoms with Crippen LogP contribution in [-0.4, -0.2) is 34.1 Å². The SMILES string of the molecule is CCC(COC)NC(=O)c1ccc(S(=O)(=O)Cl)cc1F. The van der Waals surface area contributed by atoms with Crippen molar-refractivity contribution in [3.8, 4) is 0 Å². The molecule has 0 aliphatic heterocycles. The molecule has 1 aromatic rings. The van der Waals surface area contributed by atoms with Gasteiger partial charge in [-0.1, -0.05) is 6.92 Å². The molecule has 8 heteroatoms. The van der Waals surface area contributed by atoms with Crippen LogP contribution in [-0.2, 0) is 13.8 Å². The number of amides is 1. The standard InChI is InChI=1S/C12H15ClFNO4S/c1-3-8(7-19-2)15-12(16)10-5-4-9(6-11(10)14)20(13,17)18/h4-6,8H,3,7H2,1-2H3,(H,15,16). The van der Waals surface area contributed by atoms with Gasteiger partial charge in [0.2, 0.25) is 0 Å². The Morgan fingerprint density at radius 2 is 2.15 bits per heavy atom. The molecule has 0 radical (unpaired) electrons. The van der Waals surface area contributed by atoms with Crippen molar-refractivity contribution in [2.24, 2.45) is 0 Å². The minimum absolute atomic E-state index is 0.247. The summed E-state index contributed by atoms with van der Waals surface area (Å²) < 4.78 is 40.8. The second kappa shape index (κ2) is 7.01. The van der Waals surface area contributed by atoms with Gasteiger partial charge < -0.3 is 10.1 Å². The lowest BCUT2D eigenvalue weighted by atomic mass is 10.1. The fourth-order valence-corrected chi connectivity index (χ4v) is 2.32. The largest absolute Gasteiger partial charge is 0.383 e. The van der Waals surface area contributed by atoms with Gasteiger partial charge in [0.25, 0.3) is 15.0 Å². The first-order chi connectivity index (χ1) is 9.29. The van der Waals surface area contributed by atoms with Gasteiger partial charge in [0.15, 0.2) is 0 Å². The number of carbonyl (C=O) groups excluding carboxylic acids is 1. The number of halogens is 2. The van der Waals surface area contributed by atoms with Crippen LogP contribution in [0.15, 0.2) is 23.1 Å². The van der Waals surface area contributed by atoms with Crippen LogP contribution in [0.2, 0.25) is 0 Å². The van der Waals surface area contributed by atoms with E-state index in [-0.39, 0.29) is 11.6 Å². The lowest BCUT2D eigenvalue weighted by Gasteiger charge is -2.16. The number of methoxy groups -OCH3 is 1. The maximum atomic E-state index is 13.8. The van der Waals surface area contributed by atoms with Gasteiger partial charge in [-0.15, -0.1) is 0 Å². The van der Waals surface area contributed by atoms with Crippen molar-refractivity contribution in [3.05, 3.63) is 29.6 Å². The van der Waals surface area contributed by atoms with Gasteiger partial charge in [0.05, 0.1) is 23.1 Å². The summed E-state index contributed by atoms with van der Waals surface area (Å²) in [4.78, 5) is 11.5. The maximum Gasteiger partial charge on any atom is 0.261 e. The average Bonchev–Trinajstić information content (AvgIpc) is 2.36. The van der Waals surface area contributed by atoms with Gasteiger partial charge in [-0.3, -0.25) is 4.79 Å². The molecule has 1 amide bonds. The van der Waals surface area contributed by atoms with E-state index in [9.17, 15) is 17.6 Å². The number of carbonyl (C=O) groups is 1. The Morgan fingerprint density at radius 1 is 1.50 bits per heavy atom. The molecule has 1 aromatic carbocycles. The minimum Gasteiger partial charge on any atom is -0.383 e. The average molecular weight is 324 g/mol. The molecule has 0 saturated heterocycles. The highest BCUT2D eigenvalue weighted by Gasteiger charge is 2.18. The third-order valence-corrected chi connectivity index (χ3v) is 4.01. The van der Waals surface area contributed by atoms with Crippen LogP contribution in [0.3, 0.4) is 0 Å². The smallest absolute Gasteiger partial charge is 0.261 e. The molecule has 1 atom stereocenters. The molecule has 5 nitrogen and oxygen atoms in total. The van der Waals surface area contributed by atoms with Crippen molar-refractivity contribution in [3.63, 3.8) is 0 Å². The molecule has 0 bridgehead atoms. The van der Waals surface area contributed by atoms with E-state index in [4.69, 9.17) is 15.4 Å². The predicted molar refractivity (Wildman–Crippen MR) is 72.9 cm³/mol. The molecule has 0 aromatic heterocycles. The first kappa shape index (κ1) is 16.9. The quantitative estimate of drug-likeness (QED) is 0.812. The first-order valence-corrected chi connectivity index (χ1v) is 8.14. The number of nitrogens with one attached hydrogen (secondary N) is 1. The normalized spacial score (nSPS) is 13.0. The molecule has 0 saturated carbocycles. The van der Waals surface area contributed by atoms with Gasteiger partial charge in [-0.25, -0.2) is 12.8 Å². The van der Waals surface area contributed by atoms with E-state index >= 15 is 0 Å². The fraction of sp³-hybridized carbons (Fsp3) is 0.417. The van der Waals surface area contributed by atoms with Crippen LogP contribution in [0.4, 0.5) is 4.39 Å². The van der Waals surface area contributed by atoms with Gasteiger partial charge >= 0.3 is 0 Å². The number of rotatable bonds is 6. The second-order valence-corrected chi connectivity index (χ2v) is 6.68. The Morgan fingerprint density at radius 3 is 2.60 bits per heavy atom. The Hall–Kier alpha value is -1.18. The summed E-state index contributed by atoms with van der Waals surface area (Å²) in [5, 5.41) is 2.60. The van der Waals surface area contributed by atoms with Crippen molar-refractivity contribution in [2.75, 3.05) is 13.7 Å². The van der Waals surface area contributed by atoms with E-state index in [1.807, 2.05) is 6.92 Å². The fourth-order valence-electron chi connectivity index (χ4n) is 1.56. The molecule has 112 valence electrons. The number of hydrogen-bond acceptors (Lipinski definition) is 4. The zero-order chi connectivity index (χ0) is 15.3. The highest BCUT2D eigenvalue weighted by Crippen LogP contribution is 2.18. The van der Waals surface area contributed by atoms with Gasteiger partial charge in [0.1, 0.15) is 5.82 Å². The summed E-state index contributed by atoms with van der Waals surface area (Å²) in [6.45, 7) is 2.15. The van der Waals surface area contributed by atoms with Gasteiger partial charge in [0, 0.05) is 17.8 Å². The Kier molecular flexibility index (Phi) is 5.91. The minimum atomic E-state index is -4.02. The number of hydrogen-bond donors (Lipinski definition) is 1. The summed E-state index contributed by atoms with van der Waals surface area (Å²) in [5.41, 5.74) is -0.247. The van der Waals surface area contributed by atoms with E-state index in [0.29, 0.717) is 19.1 Å². The molecule has 1 rings (SSSR count). The van der Waals surface area contributed by atoms with Crippen molar-refractivity contribution >= 4 is 25.6 Å². The molecule has 20 heavy (non-hydrogen) atoms. The van der Waals surface area contributed by atoms with Crippen LogP contribution in [0.25, 0.3) is 0 Å². The van der Waals surface area contributed by atoms with Crippen LogP contribution < -0.4 is 5.32 Å². The van der Waals surface area contributed by atoms with Crippen molar-refractivity contribution < 1.29 is 22.3 Å². The molecule has 1 N–H and O–H groups in total. The van der Waals surface area contributed by atoms with E-state index in [1.165, 1.54) is 7.11 Å². The lowest BCUT2D eigenvalue weighted by molar-refractivity contribution is 0.0890. The Bertz CT molecular complexity index is 591. The van der Waals surface area contributed by atoms with Crippen molar-refractivity contribution in [2.45, 2.75) is 24.3 Å². The van der Waals surface area contributed by atoms with Crippen LogP contribution in [0.5, 0.6) is 0 Å². The van der Waals surface area contributed by atoms with E-state index in [2.05, 4.69) is 5.32 Å². The monoisotopic (exact) mass is 323 g/mol. The molecule has 0 aliphatic rings. The summed E-state index contributed by atoms with van der Waals surface area (Å²) >= 11 is 0. The molecule has 0 spiro atoms. The molecule has 1 unspecified atom stereocenters. The Labute approximate surface area is 121 Å². The molecule has 0 heterocycles. The summed E-state index contributed by atoms with van der Waals surface area (Å²) in [5.74, 6) is -1.58. The zero-order valence-electron chi connectivity index (χ0n) is 11.0. The van der Waals surface area contributed by atoms with Crippen molar-refractivity contribution in [1.82, 2.24) is 5.32 Å². The highest BCUT2D eigenvalue weighted by molar-refractivity contribution is 8.13. The molecular weight excluding hydrogens is 309 g/mol. The second-order valence-electron chi connectivity index (χ2n) is 4.11. The van der Waals surface area contributed by atoms with Gasteiger partial charge in [-0.05, 0) is 24.6 Å². The van der Waals surface area contributed by atoms with E-state index < -0.39 is 25.7 Å². The molecule has 0 fully saturated rings. The van der Waals surface area contributed by atoms with E-state index in [0.717, 1.165) is 12.1 Å². The maximum absolute atomic E-state index is 13.8. The van der Waals surface area contributed by atoms with Crippen LogP contribution in [0, 0.1) is 5.82 Å². The Balaban J connectivity index is 2.95. The first-order valence-electron chi connectivity index (χ1n) is 5.83. The third kappa shape index (κ3) is 4.43. The summed E-state index contributed by atoms with van der Waals surface area (Å²) in [7, 11) is 2.57. The third-order valence-electron chi connectivity index (χ3n) is 2.66. The van der Waals surface area contributed by atoms with Gasteiger partial charge in [-0.2, -0.15) is 0 Å². The molecule has 0 aliphatic carbocycles. The summed E-state index contributed by atoms with van der Waals surface area (Å²) in [6.07, 6.45) is 0.620. The number of benzene rings is 1. The predicted octanol–water partition coefficient (Wildman–Crippen LogP) is 1.91. The topological polar surface area (TPSA) is 72.5 Å². The van der Waals surface area contributed by atoms with Crippen LogP contribution >= 0.6 is 10.7 Å². The van der Waals surface area contributed by atoms with E-state index in [1.54, 1.807) is 0 Å². The molecular formula is C12H15ClFNO4S. The summed E-state index contributed by atoms with van der Waals surface area (Å²) in [6, 6.07) is 2.63. The van der Waals surface area contributed by atoms with Crippen molar-refractivity contribution in [1.29, 1.82) is 0 Å². The lowest BCUT2D eigenvalue weighted by Crippen LogP contribution is -2.37.